The van der Waals surface area contributed by atoms with Crippen LogP contribution >= 0.6 is 0 Å². The number of hydrogen-bond acceptors (Lipinski definition) is 3. The molecule has 4 heteroatoms. The molecule has 0 aliphatic heterocycles. The monoisotopic (exact) mass is 454 g/mol. The van der Waals surface area contributed by atoms with Crippen LogP contribution in [0.1, 0.15) is 99.3 Å². The number of fused-ring (bicyclic) bond motifs is 7. The van der Waals surface area contributed by atoms with Crippen molar-refractivity contribution in [3.63, 3.8) is 0 Å². The first-order valence-electron chi connectivity index (χ1n) is 13.1. The largest absolute Gasteiger partial charge is 0.504 e. The summed E-state index contributed by atoms with van der Waals surface area (Å²) in [5.41, 5.74) is 1.88. The zero-order chi connectivity index (χ0) is 24.2. The lowest BCUT2D eigenvalue weighted by molar-refractivity contribution is -0.231. The normalized spacial score (nSPS) is 51.6. The first kappa shape index (κ1) is 23.2. The van der Waals surface area contributed by atoms with E-state index in [1.54, 1.807) is 0 Å². The molecule has 0 spiro atoms. The van der Waals surface area contributed by atoms with Gasteiger partial charge in [0.15, 0.2) is 5.76 Å². The number of allylic oxidation sites excluding steroid dienone is 3. The van der Waals surface area contributed by atoms with Gasteiger partial charge in [0.25, 0.3) is 0 Å². The summed E-state index contributed by atoms with van der Waals surface area (Å²) in [5, 5.41) is 20.5. The number of rotatable bonds is 1. The van der Waals surface area contributed by atoms with E-state index >= 15 is 0 Å². The minimum atomic E-state index is -0.628. The second-order valence-electron chi connectivity index (χ2n) is 13.7. The lowest BCUT2D eigenvalue weighted by Gasteiger charge is -2.72. The first-order valence-corrected chi connectivity index (χ1v) is 13.1. The van der Waals surface area contributed by atoms with Crippen LogP contribution in [-0.4, -0.2) is 22.0 Å². The molecular formula is C29H42O4. The third-order valence-electron chi connectivity index (χ3n) is 12.5. The second-order valence-corrected chi connectivity index (χ2v) is 13.7. The summed E-state index contributed by atoms with van der Waals surface area (Å²) in [6, 6.07) is 0. The van der Waals surface area contributed by atoms with Gasteiger partial charge in [-0.1, -0.05) is 33.3 Å². The van der Waals surface area contributed by atoms with E-state index in [9.17, 15) is 19.8 Å². The van der Waals surface area contributed by atoms with Crippen molar-refractivity contribution in [3.05, 3.63) is 23.0 Å². The average Bonchev–Trinajstić information content (AvgIpc) is 2.75. The Morgan fingerprint density at radius 2 is 1.55 bits per heavy atom. The number of carboxylic acids is 1. The molecule has 33 heavy (non-hydrogen) atoms. The van der Waals surface area contributed by atoms with E-state index in [-0.39, 0.29) is 39.1 Å². The maximum atomic E-state index is 12.5. The SMILES string of the molecule is CC1=C2CCC3[C@@](C)(CC[C@@]4(C)C5C[C@](C)(C(=O)O)CC[C@]5(C)CC[C@]34C)C2C=C(O)C1=O. The Morgan fingerprint density at radius 1 is 0.939 bits per heavy atom. The van der Waals surface area contributed by atoms with Crippen LogP contribution in [0.2, 0.25) is 0 Å². The lowest BCUT2D eigenvalue weighted by Crippen LogP contribution is -2.65. The van der Waals surface area contributed by atoms with Crippen molar-refractivity contribution < 1.29 is 19.8 Å². The molecule has 2 N–H and O–H groups in total. The molecule has 0 aromatic heterocycles. The number of carboxylic acid groups (broad SMARTS) is 1. The lowest BCUT2D eigenvalue weighted by atomic mass is 9.32. The predicted octanol–water partition coefficient (Wildman–Crippen LogP) is 6.86. The van der Waals surface area contributed by atoms with E-state index in [4.69, 9.17) is 0 Å². The van der Waals surface area contributed by atoms with Gasteiger partial charge >= 0.3 is 5.97 Å². The third-order valence-corrected chi connectivity index (χ3v) is 12.5. The van der Waals surface area contributed by atoms with Crippen molar-refractivity contribution in [1.29, 1.82) is 0 Å². The van der Waals surface area contributed by atoms with Gasteiger partial charge in [0.05, 0.1) is 5.41 Å². The van der Waals surface area contributed by atoms with Crippen molar-refractivity contribution in [3.8, 4) is 0 Å². The molecule has 3 unspecified atom stereocenters. The molecule has 0 heterocycles. The first-order chi connectivity index (χ1) is 15.2. The molecule has 0 radical (unpaired) electrons. The number of hydrogen-bond donors (Lipinski definition) is 2. The van der Waals surface area contributed by atoms with Crippen LogP contribution in [0.4, 0.5) is 0 Å². The Hall–Kier alpha value is -1.58. The number of aliphatic carboxylic acids is 1. The van der Waals surface area contributed by atoms with Gasteiger partial charge in [-0.2, -0.15) is 0 Å². The highest BCUT2D eigenvalue weighted by atomic mass is 16.4. The number of carbonyl (C=O) groups is 2. The Morgan fingerprint density at radius 3 is 2.21 bits per heavy atom. The van der Waals surface area contributed by atoms with Gasteiger partial charge in [-0.05, 0) is 111 Å². The van der Waals surface area contributed by atoms with Crippen molar-refractivity contribution in [2.24, 2.45) is 44.8 Å². The van der Waals surface area contributed by atoms with E-state index in [1.165, 1.54) is 18.4 Å². The summed E-state index contributed by atoms with van der Waals surface area (Å²) < 4.78 is 0. The second kappa shape index (κ2) is 6.76. The van der Waals surface area contributed by atoms with Gasteiger partial charge in [0.1, 0.15) is 0 Å². The molecule has 5 rings (SSSR count). The molecule has 5 aliphatic carbocycles. The molecule has 0 saturated heterocycles. The third kappa shape index (κ3) is 2.76. The fraction of sp³-hybridized carbons (Fsp3) is 0.793. The van der Waals surface area contributed by atoms with Crippen LogP contribution in [0, 0.1) is 44.8 Å². The molecule has 0 amide bonds. The van der Waals surface area contributed by atoms with E-state index in [1.807, 2.05) is 19.9 Å². The van der Waals surface area contributed by atoms with Gasteiger partial charge in [-0.3, -0.25) is 9.59 Å². The highest BCUT2D eigenvalue weighted by Gasteiger charge is 2.69. The van der Waals surface area contributed by atoms with Crippen LogP contribution in [0.5, 0.6) is 0 Å². The molecule has 0 aromatic rings. The predicted molar refractivity (Wildman–Crippen MR) is 129 cm³/mol. The molecule has 0 aromatic carbocycles. The van der Waals surface area contributed by atoms with Crippen LogP contribution in [0.25, 0.3) is 0 Å². The number of aliphatic hydroxyl groups excluding tert-OH is 1. The summed E-state index contributed by atoms with van der Waals surface area (Å²) in [5.74, 6) is 0.167. The molecule has 0 bridgehead atoms. The summed E-state index contributed by atoms with van der Waals surface area (Å²) >= 11 is 0. The summed E-state index contributed by atoms with van der Waals surface area (Å²) in [4.78, 5) is 24.7. The standard InChI is InChI=1S/C29H42O4/c1-17-18-7-8-21-27(4,19(18)15-20(30)23(17)31)12-14-29(6)22-16-26(3,24(32)33)10-9-25(22,2)11-13-28(21,29)5/h15,19,21-22,30H,7-14,16H2,1-6H3,(H,32,33)/t19?,21?,22?,25-,26-,27+,28-,29+/m1/s1. The van der Waals surface area contributed by atoms with Gasteiger partial charge in [-0.25, -0.2) is 0 Å². The Labute approximate surface area is 198 Å². The van der Waals surface area contributed by atoms with E-state index < -0.39 is 11.4 Å². The van der Waals surface area contributed by atoms with Crippen LogP contribution in [-0.2, 0) is 9.59 Å². The minimum Gasteiger partial charge on any atom is -0.504 e. The number of Topliss-reactive ketones (excluding diaryl/α,β-unsaturated/α-hetero) is 1. The number of aliphatic hydroxyl groups is 1. The van der Waals surface area contributed by atoms with Gasteiger partial charge < -0.3 is 10.2 Å². The average molecular weight is 455 g/mol. The van der Waals surface area contributed by atoms with Gasteiger partial charge in [0, 0.05) is 11.5 Å². The summed E-state index contributed by atoms with van der Waals surface area (Å²) in [6.07, 6.45) is 11.0. The van der Waals surface area contributed by atoms with Gasteiger partial charge in [0.2, 0.25) is 5.78 Å². The van der Waals surface area contributed by atoms with E-state index in [0.717, 1.165) is 50.5 Å². The summed E-state index contributed by atoms with van der Waals surface area (Å²) in [7, 11) is 0. The molecule has 4 nitrogen and oxygen atoms in total. The quantitative estimate of drug-likeness (QED) is 0.454. The zero-order valence-corrected chi connectivity index (χ0v) is 21.4. The van der Waals surface area contributed by atoms with Crippen molar-refractivity contribution >= 4 is 11.8 Å². The smallest absolute Gasteiger partial charge is 0.309 e. The maximum Gasteiger partial charge on any atom is 0.309 e. The fourth-order valence-corrected chi connectivity index (χ4v) is 9.87. The van der Waals surface area contributed by atoms with Gasteiger partial charge in [-0.15, -0.1) is 0 Å². The molecular weight excluding hydrogens is 412 g/mol. The van der Waals surface area contributed by atoms with Crippen molar-refractivity contribution in [2.75, 3.05) is 0 Å². The highest BCUT2D eigenvalue weighted by molar-refractivity contribution is 6.07. The van der Waals surface area contributed by atoms with Crippen molar-refractivity contribution in [2.45, 2.75) is 99.3 Å². The highest BCUT2D eigenvalue weighted by Crippen LogP contribution is 2.76. The molecule has 182 valence electrons. The minimum absolute atomic E-state index is 0.0241. The van der Waals surface area contributed by atoms with Crippen molar-refractivity contribution in [1.82, 2.24) is 0 Å². The van der Waals surface area contributed by atoms with Crippen LogP contribution < -0.4 is 0 Å². The Balaban J connectivity index is 1.57. The molecule has 5 aliphatic rings. The topological polar surface area (TPSA) is 74.6 Å². The van der Waals surface area contributed by atoms with Crippen LogP contribution in [0.15, 0.2) is 23.0 Å². The zero-order valence-electron chi connectivity index (χ0n) is 21.4. The number of carbonyl (C=O) groups excluding carboxylic acids is 1. The van der Waals surface area contributed by atoms with Crippen LogP contribution in [0.3, 0.4) is 0 Å². The molecule has 4 saturated carbocycles. The van der Waals surface area contributed by atoms with E-state index in [2.05, 4.69) is 27.7 Å². The molecule has 4 fully saturated rings. The Kier molecular flexibility index (Phi) is 4.75. The maximum absolute atomic E-state index is 12.5. The summed E-state index contributed by atoms with van der Waals surface area (Å²) in [6.45, 7) is 13.7. The number of ketones is 1. The fourth-order valence-electron chi connectivity index (χ4n) is 9.87. The Bertz CT molecular complexity index is 992. The van der Waals surface area contributed by atoms with E-state index in [0.29, 0.717) is 11.8 Å². The molecule has 8 atom stereocenters.